The molecule has 6 nitrogen and oxygen atoms in total. The molecular formula is C25H28ClN3O3. The van der Waals surface area contributed by atoms with E-state index in [0.717, 1.165) is 17.0 Å². The number of aromatic nitrogens is 2. The van der Waals surface area contributed by atoms with Gasteiger partial charge in [0.15, 0.2) is 5.82 Å². The molecule has 4 unspecified atom stereocenters. The zero-order valence-corrected chi connectivity index (χ0v) is 18.5. The van der Waals surface area contributed by atoms with Crippen LogP contribution in [0.4, 0.5) is 0 Å². The van der Waals surface area contributed by atoms with E-state index < -0.39 is 6.10 Å². The van der Waals surface area contributed by atoms with Gasteiger partial charge in [0.05, 0.1) is 6.10 Å². The van der Waals surface area contributed by atoms with Gasteiger partial charge < -0.3 is 20.3 Å². The summed E-state index contributed by atoms with van der Waals surface area (Å²) in [6, 6.07) is 19.2. The first-order chi connectivity index (χ1) is 15.6. The fourth-order valence-electron chi connectivity index (χ4n) is 4.41. The third-order valence-electron chi connectivity index (χ3n) is 6.04. The zero-order valence-electron chi connectivity index (χ0n) is 17.8. The molecule has 1 heterocycles. The molecule has 1 saturated carbocycles. The summed E-state index contributed by atoms with van der Waals surface area (Å²) in [6.45, 7) is 0.869. The molecule has 1 aromatic heterocycles. The minimum Gasteiger partial charge on any atom is -0.486 e. The van der Waals surface area contributed by atoms with E-state index in [1.54, 1.807) is 6.20 Å². The third-order valence-corrected chi connectivity index (χ3v) is 6.28. The highest BCUT2D eigenvalue weighted by atomic mass is 35.5. The lowest BCUT2D eigenvalue weighted by Crippen LogP contribution is -2.36. The van der Waals surface area contributed by atoms with Crippen LogP contribution in [-0.4, -0.2) is 38.9 Å². The molecule has 1 fully saturated rings. The van der Waals surface area contributed by atoms with Crippen LogP contribution in [-0.2, 0) is 19.6 Å². The van der Waals surface area contributed by atoms with Gasteiger partial charge in [-0.3, -0.25) is 0 Å². The highest BCUT2D eigenvalue weighted by molar-refractivity contribution is 6.30. The fraction of sp³-hybridized carbons (Fsp3) is 0.360. The lowest BCUT2D eigenvalue weighted by atomic mass is 9.88. The van der Waals surface area contributed by atoms with E-state index in [9.17, 15) is 10.2 Å². The maximum Gasteiger partial charge on any atom is 0.166 e. The van der Waals surface area contributed by atoms with Crippen molar-refractivity contribution in [3.8, 4) is 5.75 Å². The molecule has 2 aromatic carbocycles. The first-order valence-corrected chi connectivity index (χ1v) is 11.3. The Morgan fingerprint density at radius 3 is 2.69 bits per heavy atom. The zero-order chi connectivity index (χ0) is 22.3. The molecule has 0 spiro atoms. The fourth-order valence-corrected chi connectivity index (χ4v) is 4.62. The van der Waals surface area contributed by atoms with Crippen LogP contribution in [0.15, 0.2) is 66.9 Å². The molecule has 1 aliphatic carbocycles. The largest absolute Gasteiger partial charge is 0.486 e. The van der Waals surface area contributed by atoms with Crippen LogP contribution in [0.25, 0.3) is 0 Å². The third kappa shape index (κ3) is 5.84. The second-order valence-corrected chi connectivity index (χ2v) is 8.64. The topological polar surface area (TPSA) is 87.5 Å². The molecule has 0 saturated heterocycles. The molecule has 4 rings (SSSR count). The van der Waals surface area contributed by atoms with Gasteiger partial charge in [0.2, 0.25) is 0 Å². The normalized spacial score (nSPS) is 22.7. The van der Waals surface area contributed by atoms with Gasteiger partial charge in [-0.2, -0.15) is 0 Å². The number of halogens is 1. The maximum atomic E-state index is 10.5. The van der Waals surface area contributed by atoms with Crippen molar-refractivity contribution in [3.05, 3.63) is 89.0 Å². The van der Waals surface area contributed by atoms with E-state index in [4.69, 9.17) is 16.3 Å². The van der Waals surface area contributed by atoms with Crippen LogP contribution >= 0.6 is 11.6 Å². The molecule has 0 bridgehead atoms. The van der Waals surface area contributed by atoms with Crippen LogP contribution < -0.4 is 10.1 Å². The van der Waals surface area contributed by atoms with E-state index in [1.807, 2.05) is 60.7 Å². The number of aliphatic hydroxyl groups is 2. The van der Waals surface area contributed by atoms with Crippen molar-refractivity contribution in [3.63, 3.8) is 0 Å². The quantitative estimate of drug-likeness (QED) is 0.460. The molecule has 4 atom stereocenters. The molecule has 3 aromatic rings. The van der Waals surface area contributed by atoms with Gasteiger partial charge in [-0.25, -0.2) is 9.97 Å². The minimum atomic E-state index is -0.551. The average molecular weight is 454 g/mol. The summed E-state index contributed by atoms with van der Waals surface area (Å²) >= 11 is 6.10. The first kappa shape index (κ1) is 22.7. The number of nitrogens with zero attached hydrogens (tertiary/aromatic N) is 2. The summed E-state index contributed by atoms with van der Waals surface area (Å²) in [5.41, 5.74) is 1.96. The predicted molar refractivity (Wildman–Crippen MR) is 123 cm³/mol. The van der Waals surface area contributed by atoms with Gasteiger partial charge in [-0.1, -0.05) is 41.9 Å². The molecule has 3 N–H and O–H groups in total. The lowest BCUT2D eigenvalue weighted by molar-refractivity contribution is 0.0715. The monoisotopic (exact) mass is 453 g/mol. The number of benzene rings is 2. The molecule has 168 valence electrons. The molecule has 0 aliphatic heterocycles. The van der Waals surface area contributed by atoms with Crippen molar-refractivity contribution in [2.45, 2.75) is 38.1 Å². The highest BCUT2D eigenvalue weighted by Crippen LogP contribution is 2.35. The van der Waals surface area contributed by atoms with Crippen molar-refractivity contribution < 1.29 is 14.9 Å². The van der Waals surface area contributed by atoms with Crippen molar-refractivity contribution in [2.24, 2.45) is 11.8 Å². The Bertz CT molecular complexity index is 1000. The van der Waals surface area contributed by atoms with Crippen LogP contribution in [0.2, 0.25) is 5.02 Å². The Labute approximate surface area is 193 Å². The summed E-state index contributed by atoms with van der Waals surface area (Å²) in [4.78, 5) is 8.99. The van der Waals surface area contributed by atoms with Gasteiger partial charge >= 0.3 is 0 Å². The van der Waals surface area contributed by atoms with E-state index in [1.165, 1.54) is 0 Å². The van der Waals surface area contributed by atoms with Crippen molar-refractivity contribution in [1.29, 1.82) is 0 Å². The Kier molecular flexibility index (Phi) is 7.71. The Hall–Kier alpha value is -2.51. The summed E-state index contributed by atoms with van der Waals surface area (Å²) in [5, 5.41) is 24.7. The summed E-state index contributed by atoms with van der Waals surface area (Å²) in [5.74, 6) is 1.22. The van der Waals surface area contributed by atoms with Crippen LogP contribution in [0.5, 0.6) is 5.75 Å². The number of hydrogen-bond donors (Lipinski definition) is 3. The summed E-state index contributed by atoms with van der Waals surface area (Å²) in [7, 11) is 0. The number of aliphatic hydroxyl groups excluding tert-OH is 2. The second-order valence-electron chi connectivity index (χ2n) is 8.20. The second kappa shape index (κ2) is 10.9. The van der Waals surface area contributed by atoms with Crippen LogP contribution in [0.1, 0.15) is 23.5 Å². The average Bonchev–Trinajstić information content (AvgIpc) is 3.11. The Balaban J connectivity index is 1.42. The molecule has 0 amide bonds. The molecule has 0 radical (unpaired) electrons. The SMILES string of the molecule is OCC1C(O)CC(NCc2cccc(Cl)c2)C1Cc1ccnc(COc2ccccc2)n1. The highest BCUT2D eigenvalue weighted by Gasteiger charge is 2.42. The number of hydrogen-bond acceptors (Lipinski definition) is 6. The molecular weight excluding hydrogens is 426 g/mol. The van der Waals surface area contributed by atoms with E-state index in [-0.39, 0.29) is 31.1 Å². The van der Waals surface area contributed by atoms with Gasteiger partial charge in [0, 0.05) is 42.0 Å². The number of rotatable bonds is 9. The van der Waals surface area contributed by atoms with E-state index >= 15 is 0 Å². The van der Waals surface area contributed by atoms with E-state index in [2.05, 4.69) is 15.3 Å². The van der Waals surface area contributed by atoms with Crippen molar-refractivity contribution >= 4 is 11.6 Å². The van der Waals surface area contributed by atoms with Gasteiger partial charge in [0.1, 0.15) is 12.4 Å². The lowest BCUT2D eigenvalue weighted by Gasteiger charge is -2.25. The predicted octanol–water partition coefficient (Wildman–Crippen LogP) is 3.40. The van der Waals surface area contributed by atoms with E-state index in [0.29, 0.717) is 30.2 Å². The van der Waals surface area contributed by atoms with Gasteiger partial charge in [-0.05, 0) is 54.7 Å². The molecule has 32 heavy (non-hydrogen) atoms. The maximum absolute atomic E-state index is 10.5. The standard InChI is InChI=1S/C25H28ClN3O3/c26-18-6-4-5-17(11-18)14-28-23-13-24(31)22(15-30)21(23)12-19-9-10-27-25(29-19)16-32-20-7-2-1-3-8-20/h1-11,21-24,28,30-31H,12-16H2. The summed E-state index contributed by atoms with van der Waals surface area (Å²) in [6.07, 6.45) is 2.41. The Morgan fingerprint density at radius 2 is 1.91 bits per heavy atom. The molecule has 1 aliphatic rings. The Morgan fingerprint density at radius 1 is 1.06 bits per heavy atom. The minimum absolute atomic E-state index is 0.0481. The van der Waals surface area contributed by atoms with Crippen molar-refractivity contribution in [1.82, 2.24) is 15.3 Å². The first-order valence-electron chi connectivity index (χ1n) is 10.9. The number of ether oxygens (including phenoxy) is 1. The van der Waals surface area contributed by atoms with Crippen LogP contribution in [0, 0.1) is 11.8 Å². The summed E-state index contributed by atoms with van der Waals surface area (Å²) < 4.78 is 5.77. The van der Waals surface area contributed by atoms with Gasteiger partial charge in [-0.15, -0.1) is 0 Å². The smallest absolute Gasteiger partial charge is 0.166 e. The number of nitrogens with one attached hydrogen (secondary N) is 1. The van der Waals surface area contributed by atoms with Crippen LogP contribution in [0.3, 0.4) is 0 Å². The van der Waals surface area contributed by atoms with Crippen molar-refractivity contribution in [2.75, 3.05) is 6.61 Å². The molecule has 7 heteroatoms. The van der Waals surface area contributed by atoms with Gasteiger partial charge in [0.25, 0.3) is 0 Å². The number of para-hydroxylation sites is 1.